The van der Waals surface area contributed by atoms with Gasteiger partial charge >= 0.3 is 5.97 Å². The monoisotopic (exact) mass is 380 g/mol. The lowest BCUT2D eigenvalue weighted by atomic mass is 10.1. The van der Waals surface area contributed by atoms with Crippen molar-refractivity contribution in [1.29, 1.82) is 0 Å². The van der Waals surface area contributed by atoms with Gasteiger partial charge in [0.25, 0.3) is 0 Å². The van der Waals surface area contributed by atoms with Gasteiger partial charge in [-0.05, 0) is 63.1 Å². The molecule has 148 valence electrons. The van der Waals surface area contributed by atoms with Crippen molar-refractivity contribution in [2.45, 2.75) is 26.7 Å². The van der Waals surface area contributed by atoms with Crippen LogP contribution < -0.4 is 5.32 Å². The van der Waals surface area contributed by atoms with E-state index in [2.05, 4.69) is 27.2 Å². The normalized spacial score (nSPS) is 12.7. The summed E-state index contributed by atoms with van der Waals surface area (Å²) in [5.41, 5.74) is 4.72. The molecule has 0 amide bonds. The summed E-state index contributed by atoms with van der Waals surface area (Å²) in [5, 5.41) is 4.63. The third kappa shape index (κ3) is 6.06. The van der Waals surface area contributed by atoms with Crippen LogP contribution in [0.4, 0.5) is 0 Å². The minimum absolute atomic E-state index is 0.283. The van der Waals surface area contributed by atoms with Crippen molar-refractivity contribution in [2.75, 3.05) is 20.2 Å². The number of aromatic nitrogens is 1. The number of para-hydroxylation sites is 1. The average Bonchev–Trinajstić information content (AvgIpc) is 3.06. The fourth-order valence-corrected chi connectivity index (χ4v) is 2.94. The maximum absolute atomic E-state index is 11.4. The number of nitrogens with one attached hydrogen (secondary N) is 2. The largest absolute Gasteiger partial charge is 0.466 e. The molecule has 0 radical (unpaired) electrons. The number of rotatable bonds is 10. The lowest BCUT2D eigenvalue weighted by Crippen LogP contribution is -2.18. The number of fused-ring (bicyclic) bond motifs is 1. The molecule has 0 fully saturated rings. The van der Waals surface area contributed by atoms with Crippen molar-refractivity contribution in [1.82, 2.24) is 10.3 Å². The van der Waals surface area contributed by atoms with Gasteiger partial charge in [-0.25, -0.2) is 4.79 Å². The topological polar surface area (TPSA) is 71.2 Å². The fourth-order valence-electron chi connectivity index (χ4n) is 2.94. The second-order valence-corrected chi connectivity index (χ2v) is 6.62. The van der Waals surface area contributed by atoms with Crippen molar-refractivity contribution >= 4 is 29.2 Å². The van der Waals surface area contributed by atoms with Crippen LogP contribution >= 0.6 is 0 Å². The molecule has 0 unspecified atom stereocenters. The molecule has 5 heteroatoms. The Labute approximate surface area is 166 Å². The van der Waals surface area contributed by atoms with Gasteiger partial charge in [0.1, 0.15) is 6.29 Å². The van der Waals surface area contributed by atoms with Gasteiger partial charge in [-0.3, -0.25) is 4.79 Å². The molecule has 2 aromatic rings. The fraction of sp³-hybridized carbons (Fsp3) is 0.304. The van der Waals surface area contributed by atoms with Crippen LogP contribution in [0.1, 0.15) is 31.5 Å². The van der Waals surface area contributed by atoms with Gasteiger partial charge in [0.15, 0.2) is 0 Å². The number of carbonyl (C=O) groups excluding carboxylic acids is 2. The molecule has 2 rings (SSSR count). The predicted molar refractivity (Wildman–Crippen MR) is 114 cm³/mol. The molecular weight excluding hydrogens is 352 g/mol. The molecule has 0 aliphatic rings. The summed E-state index contributed by atoms with van der Waals surface area (Å²) in [6.07, 6.45) is 10.1. The molecule has 0 aliphatic heterocycles. The van der Waals surface area contributed by atoms with E-state index < -0.39 is 0 Å². The molecule has 1 aromatic carbocycles. The zero-order valence-corrected chi connectivity index (χ0v) is 16.7. The lowest BCUT2D eigenvalue weighted by molar-refractivity contribution is -0.136. The van der Waals surface area contributed by atoms with Crippen molar-refractivity contribution in [3.63, 3.8) is 0 Å². The molecule has 2 N–H and O–H groups in total. The molecule has 28 heavy (non-hydrogen) atoms. The highest BCUT2D eigenvalue weighted by atomic mass is 16.5. The van der Waals surface area contributed by atoms with Crippen LogP contribution in [0.2, 0.25) is 0 Å². The molecule has 0 saturated heterocycles. The number of hydrogen-bond donors (Lipinski definition) is 2. The molecular formula is C23H28N2O3. The van der Waals surface area contributed by atoms with Crippen LogP contribution in [0.15, 0.2) is 53.6 Å². The van der Waals surface area contributed by atoms with Crippen molar-refractivity contribution in [3.8, 4) is 0 Å². The van der Waals surface area contributed by atoms with Gasteiger partial charge in [-0.2, -0.15) is 0 Å². The van der Waals surface area contributed by atoms with Crippen molar-refractivity contribution < 1.29 is 14.3 Å². The Hall–Kier alpha value is -2.92. The Kier molecular flexibility index (Phi) is 8.43. The van der Waals surface area contributed by atoms with Crippen LogP contribution in [0, 0.1) is 0 Å². The van der Waals surface area contributed by atoms with Crippen LogP contribution in [-0.2, 0) is 20.7 Å². The zero-order chi connectivity index (χ0) is 20.4. The van der Waals surface area contributed by atoms with Crippen molar-refractivity contribution in [2.24, 2.45) is 0 Å². The van der Waals surface area contributed by atoms with Gasteiger partial charge < -0.3 is 15.0 Å². The molecule has 1 heterocycles. The molecule has 5 nitrogen and oxygen atoms in total. The number of H-pyrrole nitrogens is 1. The maximum atomic E-state index is 11.4. The molecule has 0 saturated carbocycles. The Morgan fingerprint density at radius 3 is 2.75 bits per heavy atom. The molecule has 0 spiro atoms. The Morgan fingerprint density at radius 1 is 1.21 bits per heavy atom. The van der Waals surface area contributed by atoms with Gasteiger partial charge in [-0.15, -0.1) is 0 Å². The van der Waals surface area contributed by atoms with E-state index in [1.165, 1.54) is 18.1 Å². The zero-order valence-electron chi connectivity index (χ0n) is 16.7. The van der Waals surface area contributed by atoms with Crippen LogP contribution in [0.5, 0.6) is 0 Å². The number of ether oxygens (including phenoxy) is 1. The van der Waals surface area contributed by atoms with E-state index in [-0.39, 0.29) is 5.97 Å². The van der Waals surface area contributed by atoms with Gasteiger partial charge in [0.2, 0.25) is 0 Å². The van der Waals surface area contributed by atoms with E-state index >= 15 is 0 Å². The SMILES string of the molecule is COC(=O)/C(C)=C/CCNCCc1c(/C=C/C=C(\C)C=O)[nH]c2ccccc12. The highest BCUT2D eigenvalue weighted by Gasteiger charge is 2.08. The standard InChI is InChI=1S/C23H28N2O3/c1-17(16-26)8-6-12-22-20(19-10-4-5-11-21(19)25-22)13-15-24-14-7-9-18(2)23(27)28-3/h4-6,8-12,16,24-25H,7,13-15H2,1-3H3/b12-6+,17-8+,18-9+. The quantitative estimate of drug-likeness (QED) is 0.215. The third-order valence-electron chi connectivity index (χ3n) is 4.49. The van der Waals surface area contributed by atoms with E-state index in [0.717, 1.165) is 43.4 Å². The van der Waals surface area contributed by atoms with Crippen LogP contribution in [0.25, 0.3) is 17.0 Å². The summed E-state index contributed by atoms with van der Waals surface area (Å²) in [5.74, 6) is -0.283. The van der Waals surface area contributed by atoms with Gasteiger partial charge in [0, 0.05) is 22.2 Å². The smallest absolute Gasteiger partial charge is 0.333 e. The van der Waals surface area contributed by atoms with E-state index in [1.807, 2.05) is 30.4 Å². The minimum atomic E-state index is -0.283. The molecule has 0 atom stereocenters. The first-order valence-electron chi connectivity index (χ1n) is 9.42. The second-order valence-electron chi connectivity index (χ2n) is 6.62. The summed E-state index contributed by atoms with van der Waals surface area (Å²) in [6.45, 7) is 5.17. The molecule has 0 bridgehead atoms. The summed E-state index contributed by atoms with van der Waals surface area (Å²) < 4.78 is 4.69. The number of aromatic amines is 1. The molecule has 0 aliphatic carbocycles. The first-order chi connectivity index (χ1) is 13.6. The summed E-state index contributed by atoms with van der Waals surface area (Å²) in [7, 11) is 1.39. The van der Waals surface area contributed by atoms with E-state index in [4.69, 9.17) is 0 Å². The number of aldehydes is 1. The number of esters is 1. The number of allylic oxidation sites excluding steroid dienone is 3. The Balaban J connectivity index is 2.00. The maximum Gasteiger partial charge on any atom is 0.333 e. The minimum Gasteiger partial charge on any atom is -0.466 e. The first-order valence-corrected chi connectivity index (χ1v) is 9.42. The summed E-state index contributed by atoms with van der Waals surface area (Å²) >= 11 is 0. The number of carbonyl (C=O) groups is 2. The number of benzene rings is 1. The first kappa shape index (κ1) is 21.4. The summed E-state index contributed by atoms with van der Waals surface area (Å²) in [4.78, 5) is 25.5. The third-order valence-corrected chi connectivity index (χ3v) is 4.49. The highest BCUT2D eigenvalue weighted by Crippen LogP contribution is 2.23. The number of methoxy groups -OCH3 is 1. The lowest BCUT2D eigenvalue weighted by Gasteiger charge is -2.05. The van der Waals surface area contributed by atoms with E-state index in [0.29, 0.717) is 11.1 Å². The number of hydrogen-bond acceptors (Lipinski definition) is 4. The summed E-state index contributed by atoms with van der Waals surface area (Å²) in [6, 6.07) is 8.24. The second kappa shape index (κ2) is 11.0. The highest BCUT2D eigenvalue weighted by molar-refractivity contribution is 5.88. The van der Waals surface area contributed by atoms with Gasteiger partial charge in [-0.1, -0.05) is 36.4 Å². The van der Waals surface area contributed by atoms with E-state index in [9.17, 15) is 9.59 Å². The Morgan fingerprint density at radius 2 is 2.00 bits per heavy atom. The van der Waals surface area contributed by atoms with Crippen LogP contribution in [-0.4, -0.2) is 37.4 Å². The van der Waals surface area contributed by atoms with Gasteiger partial charge in [0.05, 0.1) is 7.11 Å². The Bertz CT molecular complexity index is 904. The van der Waals surface area contributed by atoms with E-state index in [1.54, 1.807) is 19.9 Å². The van der Waals surface area contributed by atoms with Crippen molar-refractivity contribution in [3.05, 3.63) is 64.9 Å². The molecule has 1 aromatic heterocycles. The predicted octanol–water partition coefficient (Wildman–Crippen LogP) is 3.97. The van der Waals surface area contributed by atoms with Crippen LogP contribution in [0.3, 0.4) is 0 Å². The average molecular weight is 380 g/mol.